The predicted molar refractivity (Wildman–Crippen MR) is 134 cm³/mol. The van der Waals surface area contributed by atoms with Crippen molar-refractivity contribution in [2.75, 3.05) is 6.61 Å². The zero-order valence-electron chi connectivity index (χ0n) is 21.7. The maximum absolute atomic E-state index is 13.5. The van der Waals surface area contributed by atoms with Gasteiger partial charge in [-0.15, -0.1) is 0 Å². The molecule has 2 aromatic rings. The third-order valence-corrected chi connectivity index (χ3v) is 7.96. The van der Waals surface area contributed by atoms with Gasteiger partial charge in [-0.1, -0.05) is 12.1 Å². The molecule has 0 spiro atoms. The Balaban J connectivity index is 1.72. The lowest BCUT2D eigenvalue weighted by Gasteiger charge is -2.43. The second-order valence-electron chi connectivity index (χ2n) is 10.5. The molecule has 0 saturated carbocycles. The van der Waals surface area contributed by atoms with Crippen molar-refractivity contribution in [3.05, 3.63) is 46.5 Å². The highest BCUT2D eigenvalue weighted by molar-refractivity contribution is 6.04. The number of aliphatic hydroxyl groups excluding tert-OH is 7. The maximum Gasteiger partial charge on any atom is 0.174 e. The first kappa shape index (κ1) is 29.4. The number of ether oxygens (including phenoxy) is 3. The van der Waals surface area contributed by atoms with Gasteiger partial charge in [-0.25, -0.2) is 0 Å². The van der Waals surface area contributed by atoms with E-state index in [2.05, 4.69) is 0 Å². The lowest BCUT2D eigenvalue weighted by Crippen LogP contribution is -2.55. The summed E-state index contributed by atoms with van der Waals surface area (Å²) in [4.78, 5) is 13.5. The molecule has 14 nitrogen and oxygen atoms in total. The van der Waals surface area contributed by atoms with Gasteiger partial charge < -0.3 is 65.3 Å². The first-order chi connectivity index (χ1) is 19.4. The van der Waals surface area contributed by atoms with Crippen LogP contribution in [0.5, 0.6) is 23.0 Å². The van der Waals surface area contributed by atoms with Gasteiger partial charge in [-0.3, -0.25) is 4.79 Å². The van der Waals surface area contributed by atoms with Crippen molar-refractivity contribution >= 4 is 5.78 Å². The number of phenols is 3. The van der Waals surface area contributed by atoms with Crippen molar-refractivity contribution in [2.45, 2.75) is 80.5 Å². The number of hydrogen-bond acceptors (Lipinski definition) is 14. The maximum atomic E-state index is 13.5. The summed E-state index contributed by atoms with van der Waals surface area (Å²) in [6.07, 6.45) is -18.1. The average molecular weight is 581 g/mol. The highest BCUT2D eigenvalue weighted by atomic mass is 16.6. The summed E-state index contributed by atoms with van der Waals surface area (Å²) in [6, 6.07) is 5.72. The van der Waals surface area contributed by atoms with E-state index in [1.165, 1.54) is 31.2 Å². The zero-order valence-corrected chi connectivity index (χ0v) is 21.7. The summed E-state index contributed by atoms with van der Waals surface area (Å²) in [5, 5.41) is 105. The van der Waals surface area contributed by atoms with Gasteiger partial charge in [0.15, 0.2) is 5.78 Å². The second kappa shape index (κ2) is 11.0. The lowest BCUT2D eigenvalue weighted by atomic mass is 9.82. The number of fused-ring (bicyclic) bond motifs is 1. The summed E-state index contributed by atoms with van der Waals surface area (Å²) >= 11 is 0. The van der Waals surface area contributed by atoms with Crippen molar-refractivity contribution in [1.82, 2.24) is 0 Å². The Kier molecular flexibility index (Phi) is 7.88. The lowest BCUT2D eigenvalue weighted by molar-refractivity contribution is -0.232. The summed E-state index contributed by atoms with van der Waals surface area (Å²) in [6.45, 7) is 0.573. The van der Waals surface area contributed by atoms with Gasteiger partial charge in [0.25, 0.3) is 0 Å². The highest BCUT2D eigenvalue weighted by Gasteiger charge is 2.51. The van der Waals surface area contributed by atoms with Crippen LogP contribution in [0, 0.1) is 0 Å². The van der Waals surface area contributed by atoms with E-state index in [-0.39, 0.29) is 12.2 Å². The van der Waals surface area contributed by atoms with Gasteiger partial charge in [0.2, 0.25) is 0 Å². The average Bonchev–Trinajstić information content (AvgIpc) is 2.94. The van der Waals surface area contributed by atoms with Gasteiger partial charge >= 0.3 is 0 Å². The number of carbonyl (C=O) groups excluding carboxylic acids is 1. The molecule has 11 unspecified atom stereocenters. The second-order valence-corrected chi connectivity index (χ2v) is 10.5. The summed E-state index contributed by atoms with van der Waals surface area (Å²) < 4.78 is 17.4. The van der Waals surface area contributed by atoms with Gasteiger partial charge in [-0.2, -0.15) is 0 Å². The normalized spacial score (nSPS) is 37.4. The first-order valence-electron chi connectivity index (χ1n) is 13.0. The van der Waals surface area contributed by atoms with Crippen LogP contribution in [-0.2, 0) is 9.47 Å². The summed E-state index contributed by atoms with van der Waals surface area (Å²) in [5.74, 6) is -2.95. The molecule has 3 aliphatic heterocycles. The number of aliphatic hydroxyl groups is 7. The fourth-order valence-electron chi connectivity index (χ4n) is 5.62. The van der Waals surface area contributed by atoms with E-state index in [0.717, 1.165) is 0 Å². The van der Waals surface area contributed by atoms with E-state index >= 15 is 0 Å². The predicted octanol–water partition coefficient (Wildman–Crippen LogP) is -1.43. The third-order valence-electron chi connectivity index (χ3n) is 7.96. The quantitative estimate of drug-likeness (QED) is 0.199. The largest absolute Gasteiger partial charge is 0.508 e. The molecule has 0 amide bonds. The van der Waals surface area contributed by atoms with E-state index in [9.17, 15) is 55.9 Å². The molecular weight excluding hydrogens is 548 g/mol. The van der Waals surface area contributed by atoms with E-state index in [0.29, 0.717) is 5.56 Å². The molecule has 0 aromatic heterocycles. The number of phenolic OH excluding ortho intramolecular Hbond substituents is 3. The van der Waals surface area contributed by atoms with Crippen LogP contribution < -0.4 is 4.74 Å². The molecule has 41 heavy (non-hydrogen) atoms. The molecule has 2 saturated heterocycles. The topological polar surface area (TPSA) is 247 Å². The SMILES string of the molecule is CC1OC(c2c(O)c(C3OC(CO)C(O)C(O)C3O)c(O)c3c2OC(c2ccc(O)cc2)CC3=O)C(O)C(O)C1O. The number of hydrogen-bond donors (Lipinski definition) is 10. The number of Topliss-reactive ketones (excluding diaryl/α,β-unsaturated/α-hetero) is 1. The van der Waals surface area contributed by atoms with Crippen LogP contribution >= 0.6 is 0 Å². The molecule has 11 atom stereocenters. The molecule has 14 heteroatoms. The number of carbonyl (C=O) groups is 1. The zero-order chi connectivity index (χ0) is 29.9. The number of rotatable bonds is 4. The Bertz CT molecular complexity index is 1300. The molecule has 0 radical (unpaired) electrons. The molecule has 5 rings (SSSR count). The van der Waals surface area contributed by atoms with Crippen molar-refractivity contribution in [2.24, 2.45) is 0 Å². The number of ketones is 1. The smallest absolute Gasteiger partial charge is 0.174 e. The third kappa shape index (κ3) is 4.80. The van der Waals surface area contributed by atoms with E-state index < -0.39 is 113 Å². The van der Waals surface area contributed by atoms with Gasteiger partial charge in [-0.05, 0) is 24.6 Å². The molecule has 2 aromatic carbocycles. The van der Waals surface area contributed by atoms with Crippen LogP contribution in [0.1, 0.15) is 58.7 Å². The Morgan fingerprint density at radius 2 is 1.34 bits per heavy atom. The summed E-state index contributed by atoms with van der Waals surface area (Å²) in [7, 11) is 0. The van der Waals surface area contributed by atoms with E-state index in [1.54, 1.807) is 0 Å². The van der Waals surface area contributed by atoms with Crippen molar-refractivity contribution < 1.29 is 70.1 Å². The minimum atomic E-state index is -1.97. The Labute approximate surface area is 232 Å². The van der Waals surface area contributed by atoms with Gasteiger partial charge in [0.05, 0.1) is 30.3 Å². The van der Waals surface area contributed by atoms with E-state index in [4.69, 9.17) is 14.2 Å². The van der Waals surface area contributed by atoms with Gasteiger partial charge in [0, 0.05) is 0 Å². The Morgan fingerprint density at radius 3 is 1.95 bits per heavy atom. The van der Waals surface area contributed by atoms with Crippen LogP contribution in [0.4, 0.5) is 0 Å². The van der Waals surface area contributed by atoms with Crippen molar-refractivity contribution in [3.63, 3.8) is 0 Å². The number of aromatic hydroxyl groups is 3. The fraction of sp³-hybridized carbons (Fsp3) is 0.519. The molecule has 0 aliphatic carbocycles. The highest BCUT2D eigenvalue weighted by Crippen LogP contribution is 2.55. The minimum Gasteiger partial charge on any atom is -0.508 e. The number of benzene rings is 2. The molecule has 2 fully saturated rings. The molecule has 3 aliphatic rings. The molecular formula is C27H32O14. The van der Waals surface area contributed by atoms with Crippen molar-refractivity contribution in [3.8, 4) is 23.0 Å². The van der Waals surface area contributed by atoms with E-state index in [1.807, 2.05) is 0 Å². The Morgan fingerprint density at radius 1 is 0.756 bits per heavy atom. The monoisotopic (exact) mass is 580 g/mol. The van der Waals surface area contributed by atoms with Crippen molar-refractivity contribution in [1.29, 1.82) is 0 Å². The molecule has 10 N–H and O–H groups in total. The first-order valence-corrected chi connectivity index (χ1v) is 13.0. The van der Waals surface area contributed by atoms with Crippen LogP contribution in [0.25, 0.3) is 0 Å². The van der Waals surface area contributed by atoms with Gasteiger partial charge in [0.1, 0.15) is 89.6 Å². The molecule has 224 valence electrons. The Hall–Kier alpha value is -3.05. The molecule has 0 bridgehead atoms. The minimum absolute atomic E-state index is 0.0447. The van der Waals surface area contributed by atoms with Crippen LogP contribution in [0.15, 0.2) is 24.3 Å². The fourth-order valence-corrected chi connectivity index (χ4v) is 5.62. The summed E-state index contributed by atoms with van der Waals surface area (Å²) in [5.41, 5.74) is -1.09. The molecule has 3 heterocycles. The van der Waals surface area contributed by atoms with Crippen LogP contribution in [0.2, 0.25) is 0 Å². The van der Waals surface area contributed by atoms with Crippen LogP contribution in [-0.4, -0.2) is 112 Å². The standard InChI is InChI=1S/C27H32O14/c1-8-17(31)21(35)23(37)27(39-8)16-20(34)15(26-24(38)22(36)18(32)13(7-28)41-26)19(33)14-11(30)6-12(40-25(14)16)9-2-4-10(29)5-3-9/h2-5,8,12-13,17-18,21-24,26-29,31-38H,6-7H2,1H3. The van der Waals surface area contributed by atoms with Crippen LogP contribution in [0.3, 0.4) is 0 Å².